The summed E-state index contributed by atoms with van der Waals surface area (Å²) in [7, 11) is -0.617. The zero-order valence-corrected chi connectivity index (χ0v) is 11.4. The van der Waals surface area contributed by atoms with Crippen molar-refractivity contribution in [3.63, 3.8) is 0 Å². The zero-order chi connectivity index (χ0) is 11.5. The highest BCUT2D eigenvalue weighted by Gasteiger charge is 2.09. The van der Waals surface area contributed by atoms with Gasteiger partial charge in [-0.2, -0.15) is 0 Å². The summed E-state index contributed by atoms with van der Waals surface area (Å²) in [5.74, 6) is 1.72. The van der Waals surface area contributed by atoms with E-state index in [2.05, 4.69) is 26.1 Å². The molecule has 0 rings (SSSR count). The molecule has 0 aromatic heterocycles. The molecule has 2 atom stereocenters. The van der Waals surface area contributed by atoms with Gasteiger partial charge < -0.3 is 5.32 Å². The second-order valence-electron chi connectivity index (χ2n) is 4.08. The van der Waals surface area contributed by atoms with Crippen molar-refractivity contribution in [1.82, 2.24) is 5.32 Å². The van der Waals surface area contributed by atoms with Gasteiger partial charge in [-0.05, 0) is 25.8 Å². The van der Waals surface area contributed by atoms with Crippen molar-refractivity contribution in [3.05, 3.63) is 0 Å². The van der Waals surface area contributed by atoms with E-state index in [4.69, 9.17) is 0 Å². The summed E-state index contributed by atoms with van der Waals surface area (Å²) in [6.07, 6.45) is 5.78. The largest absolute Gasteiger partial charge is 0.313 e. The molecular formula is C12H27NOS. The first kappa shape index (κ1) is 15.1. The minimum atomic E-state index is -0.617. The van der Waals surface area contributed by atoms with Crippen molar-refractivity contribution < 1.29 is 4.21 Å². The van der Waals surface area contributed by atoms with Crippen LogP contribution in [0.3, 0.4) is 0 Å². The van der Waals surface area contributed by atoms with Crippen molar-refractivity contribution in [2.24, 2.45) is 0 Å². The number of rotatable bonds is 10. The third kappa shape index (κ3) is 9.06. The van der Waals surface area contributed by atoms with Gasteiger partial charge in [-0.1, -0.05) is 33.6 Å². The molecule has 0 heterocycles. The van der Waals surface area contributed by atoms with Gasteiger partial charge in [0.1, 0.15) is 0 Å². The Morgan fingerprint density at radius 2 is 1.87 bits per heavy atom. The lowest BCUT2D eigenvalue weighted by atomic mass is 10.2. The molecule has 1 N–H and O–H groups in total. The van der Waals surface area contributed by atoms with E-state index < -0.39 is 10.8 Å². The predicted octanol–water partition coefficient (Wildman–Crippen LogP) is 2.70. The Labute approximate surface area is 97.7 Å². The molecule has 0 bridgehead atoms. The normalized spacial score (nSPS) is 15.1. The Kier molecular flexibility index (Phi) is 10.7. The fourth-order valence-electron chi connectivity index (χ4n) is 1.49. The molecule has 0 aliphatic rings. The third-order valence-electron chi connectivity index (χ3n) is 2.54. The molecule has 15 heavy (non-hydrogen) atoms. The molecule has 0 spiro atoms. The molecule has 2 nitrogen and oxygen atoms in total. The van der Waals surface area contributed by atoms with Crippen molar-refractivity contribution in [2.75, 3.05) is 18.1 Å². The monoisotopic (exact) mass is 233 g/mol. The summed E-state index contributed by atoms with van der Waals surface area (Å²) in [6, 6.07) is 0.451. The molecule has 0 fully saturated rings. The van der Waals surface area contributed by atoms with Crippen molar-refractivity contribution >= 4 is 10.8 Å². The van der Waals surface area contributed by atoms with Crippen LogP contribution < -0.4 is 5.32 Å². The first-order valence-corrected chi connectivity index (χ1v) is 7.81. The number of unbranched alkanes of at least 4 members (excludes halogenated alkanes) is 2. The Morgan fingerprint density at radius 1 is 1.13 bits per heavy atom. The van der Waals surface area contributed by atoms with Crippen LogP contribution in [0.25, 0.3) is 0 Å². The molecule has 92 valence electrons. The van der Waals surface area contributed by atoms with Gasteiger partial charge in [-0.15, -0.1) is 0 Å². The van der Waals surface area contributed by atoms with Crippen LogP contribution in [0.1, 0.15) is 52.9 Å². The number of hydrogen-bond acceptors (Lipinski definition) is 2. The fraction of sp³-hybridized carbons (Fsp3) is 1.00. The van der Waals surface area contributed by atoms with Crippen LogP contribution in [-0.2, 0) is 10.8 Å². The Bertz CT molecular complexity index is 162. The standard InChI is InChI=1S/C12H27NOS/c1-4-7-8-10-15(14)11-12(6-3)13-9-5-2/h12-13H,4-11H2,1-3H3. The van der Waals surface area contributed by atoms with Crippen LogP contribution in [0.4, 0.5) is 0 Å². The minimum absolute atomic E-state index is 0.451. The molecule has 3 heteroatoms. The van der Waals surface area contributed by atoms with Crippen LogP contribution in [0.5, 0.6) is 0 Å². The molecule has 0 aliphatic carbocycles. The fourth-order valence-corrected chi connectivity index (χ4v) is 2.99. The van der Waals surface area contributed by atoms with Crippen molar-refractivity contribution in [3.8, 4) is 0 Å². The van der Waals surface area contributed by atoms with Crippen LogP contribution >= 0.6 is 0 Å². The van der Waals surface area contributed by atoms with Gasteiger partial charge in [-0.3, -0.25) is 4.21 Å². The van der Waals surface area contributed by atoms with Gasteiger partial charge in [0, 0.05) is 28.3 Å². The van der Waals surface area contributed by atoms with Crippen LogP contribution in [0, 0.1) is 0 Å². The molecule has 0 radical (unpaired) electrons. The summed E-state index contributed by atoms with van der Waals surface area (Å²) in [5, 5.41) is 3.45. The first-order valence-electron chi connectivity index (χ1n) is 6.32. The van der Waals surface area contributed by atoms with E-state index in [0.29, 0.717) is 6.04 Å². The summed E-state index contributed by atoms with van der Waals surface area (Å²) in [5.41, 5.74) is 0. The van der Waals surface area contributed by atoms with E-state index in [0.717, 1.165) is 37.3 Å². The lowest BCUT2D eigenvalue weighted by molar-refractivity contribution is 0.533. The van der Waals surface area contributed by atoms with Crippen LogP contribution in [0.15, 0.2) is 0 Å². The molecule has 2 unspecified atom stereocenters. The Balaban J connectivity index is 3.60. The topological polar surface area (TPSA) is 29.1 Å². The highest BCUT2D eigenvalue weighted by atomic mass is 32.2. The molecular weight excluding hydrogens is 206 g/mol. The minimum Gasteiger partial charge on any atom is -0.313 e. The quantitative estimate of drug-likeness (QED) is 0.588. The smallest absolute Gasteiger partial charge is 0.0388 e. The van der Waals surface area contributed by atoms with Gasteiger partial charge in [0.2, 0.25) is 0 Å². The lowest BCUT2D eigenvalue weighted by Gasteiger charge is -2.15. The summed E-state index contributed by atoms with van der Waals surface area (Å²) >= 11 is 0. The van der Waals surface area contributed by atoms with Gasteiger partial charge in [0.15, 0.2) is 0 Å². The molecule has 0 aromatic carbocycles. The molecule has 0 aliphatic heterocycles. The molecule has 0 amide bonds. The second-order valence-corrected chi connectivity index (χ2v) is 5.70. The van der Waals surface area contributed by atoms with E-state index in [1.807, 2.05) is 0 Å². The maximum absolute atomic E-state index is 11.7. The Hall–Kier alpha value is 0.110. The lowest BCUT2D eigenvalue weighted by Crippen LogP contribution is -2.34. The van der Waals surface area contributed by atoms with Gasteiger partial charge >= 0.3 is 0 Å². The van der Waals surface area contributed by atoms with E-state index in [-0.39, 0.29) is 0 Å². The molecule has 0 aromatic rings. The Morgan fingerprint density at radius 3 is 2.40 bits per heavy atom. The van der Waals surface area contributed by atoms with Crippen LogP contribution in [-0.4, -0.2) is 28.3 Å². The van der Waals surface area contributed by atoms with Crippen molar-refractivity contribution in [2.45, 2.75) is 58.9 Å². The highest BCUT2D eigenvalue weighted by molar-refractivity contribution is 7.85. The van der Waals surface area contributed by atoms with Gasteiger partial charge in [0.05, 0.1) is 0 Å². The van der Waals surface area contributed by atoms with E-state index >= 15 is 0 Å². The number of hydrogen-bond donors (Lipinski definition) is 1. The number of nitrogens with one attached hydrogen (secondary N) is 1. The van der Waals surface area contributed by atoms with Crippen molar-refractivity contribution in [1.29, 1.82) is 0 Å². The maximum Gasteiger partial charge on any atom is 0.0388 e. The first-order chi connectivity index (χ1) is 7.24. The van der Waals surface area contributed by atoms with E-state index in [9.17, 15) is 4.21 Å². The average molecular weight is 233 g/mol. The summed E-state index contributed by atoms with van der Waals surface area (Å²) in [6.45, 7) is 7.56. The summed E-state index contributed by atoms with van der Waals surface area (Å²) in [4.78, 5) is 0. The van der Waals surface area contributed by atoms with Gasteiger partial charge in [0.25, 0.3) is 0 Å². The zero-order valence-electron chi connectivity index (χ0n) is 10.6. The highest BCUT2D eigenvalue weighted by Crippen LogP contribution is 2.00. The van der Waals surface area contributed by atoms with Gasteiger partial charge in [-0.25, -0.2) is 0 Å². The second kappa shape index (κ2) is 10.6. The SMILES string of the molecule is CCCCCS(=O)CC(CC)NCCC. The van der Waals surface area contributed by atoms with E-state index in [1.165, 1.54) is 12.8 Å². The average Bonchev–Trinajstić information content (AvgIpc) is 2.24. The maximum atomic E-state index is 11.7. The van der Waals surface area contributed by atoms with Crippen LogP contribution in [0.2, 0.25) is 0 Å². The third-order valence-corrected chi connectivity index (χ3v) is 4.06. The summed E-state index contributed by atoms with van der Waals surface area (Å²) < 4.78 is 11.7. The predicted molar refractivity (Wildman–Crippen MR) is 69.8 cm³/mol. The molecule has 0 saturated carbocycles. The van der Waals surface area contributed by atoms with E-state index in [1.54, 1.807) is 0 Å². The molecule has 0 saturated heterocycles.